The van der Waals surface area contributed by atoms with Gasteiger partial charge >= 0.3 is 0 Å². The van der Waals surface area contributed by atoms with E-state index in [1.54, 1.807) is 11.3 Å². The zero-order chi connectivity index (χ0) is 21.4. The van der Waals surface area contributed by atoms with E-state index < -0.39 is 5.54 Å². The highest BCUT2D eigenvalue weighted by atomic mass is 32.1. The summed E-state index contributed by atoms with van der Waals surface area (Å²) in [7, 11) is 0. The minimum absolute atomic E-state index is 0.171. The van der Waals surface area contributed by atoms with E-state index in [9.17, 15) is 9.59 Å². The summed E-state index contributed by atoms with van der Waals surface area (Å²) in [5, 5.41) is 4.05. The molecule has 0 bridgehead atoms. The molecule has 4 heterocycles. The first-order valence-electron chi connectivity index (χ1n) is 11.3. The maximum absolute atomic E-state index is 13.9. The van der Waals surface area contributed by atoms with Gasteiger partial charge in [-0.1, -0.05) is 0 Å². The van der Waals surface area contributed by atoms with Crippen LogP contribution in [0, 0.1) is 12.8 Å². The van der Waals surface area contributed by atoms with Crippen LogP contribution >= 0.6 is 11.3 Å². The summed E-state index contributed by atoms with van der Waals surface area (Å²) in [5.41, 5.74) is 2.43. The lowest BCUT2D eigenvalue weighted by Gasteiger charge is -2.53. The van der Waals surface area contributed by atoms with E-state index >= 15 is 0 Å². The van der Waals surface area contributed by atoms with Crippen LogP contribution in [0.5, 0.6) is 0 Å². The molecule has 6 nitrogen and oxygen atoms in total. The number of likely N-dealkylation sites (tertiary alicyclic amines) is 1. The summed E-state index contributed by atoms with van der Waals surface area (Å²) < 4.78 is 0. The molecule has 2 aliphatic heterocycles. The molecule has 7 heteroatoms. The molecule has 3 fully saturated rings. The van der Waals surface area contributed by atoms with Gasteiger partial charge in [-0.15, -0.1) is 0 Å². The minimum atomic E-state index is -0.495. The molecule has 2 saturated heterocycles. The molecule has 0 radical (unpaired) electrons. The molecule has 2 aromatic rings. The zero-order valence-electron chi connectivity index (χ0n) is 18.1. The fourth-order valence-electron chi connectivity index (χ4n) is 5.00. The quantitative estimate of drug-likeness (QED) is 0.720. The number of aryl methyl sites for hydroxylation is 1. The largest absolute Gasteiger partial charge is 0.342 e. The average Bonchev–Trinajstić information content (AvgIpc) is 3.46. The Morgan fingerprint density at radius 2 is 1.97 bits per heavy atom. The number of amides is 2. The Morgan fingerprint density at radius 3 is 2.61 bits per heavy atom. The number of thiophene rings is 1. The molecule has 2 amide bonds. The van der Waals surface area contributed by atoms with Crippen molar-refractivity contribution in [3.8, 4) is 0 Å². The molecule has 3 aliphatic rings. The summed E-state index contributed by atoms with van der Waals surface area (Å²) in [6, 6.07) is 5.99. The van der Waals surface area contributed by atoms with Gasteiger partial charge in [0.05, 0.1) is 18.3 Å². The molecule has 0 unspecified atom stereocenters. The lowest BCUT2D eigenvalue weighted by Crippen LogP contribution is -2.69. The second-order valence-electron chi connectivity index (χ2n) is 9.22. The molecule has 0 atom stereocenters. The van der Waals surface area contributed by atoms with Gasteiger partial charge in [-0.25, -0.2) is 0 Å². The Balaban J connectivity index is 1.33. The number of piperidine rings is 1. The number of nitrogens with zero attached hydrogens (tertiary/aromatic N) is 4. The number of anilines is 1. The van der Waals surface area contributed by atoms with Crippen molar-refractivity contribution in [1.82, 2.24) is 14.8 Å². The predicted molar refractivity (Wildman–Crippen MR) is 122 cm³/mol. The molecule has 1 saturated carbocycles. The van der Waals surface area contributed by atoms with Crippen LogP contribution in [0.4, 0.5) is 5.69 Å². The monoisotopic (exact) mass is 438 g/mol. The lowest BCUT2D eigenvalue weighted by molar-refractivity contribution is -0.143. The Hall–Kier alpha value is -2.25. The maximum Gasteiger partial charge on any atom is 0.247 e. The molecule has 1 aliphatic carbocycles. The fourth-order valence-corrected chi connectivity index (χ4v) is 5.67. The van der Waals surface area contributed by atoms with E-state index in [0.717, 1.165) is 36.0 Å². The highest BCUT2D eigenvalue weighted by Crippen LogP contribution is 2.39. The van der Waals surface area contributed by atoms with Crippen LogP contribution in [0.3, 0.4) is 0 Å². The van der Waals surface area contributed by atoms with E-state index in [2.05, 4.69) is 9.88 Å². The van der Waals surface area contributed by atoms with Crippen LogP contribution in [0.2, 0.25) is 0 Å². The van der Waals surface area contributed by atoms with Gasteiger partial charge in [0, 0.05) is 38.4 Å². The van der Waals surface area contributed by atoms with Crippen molar-refractivity contribution in [3.05, 3.63) is 46.4 Å². The van der Waals surface area contributed by atoms with Gasteiger partial charge in [-0.05, 0) is 73.0 Å². The smallest absolute Gasteiger partial charge is 0.247 e. The number of aromatic nitrogens is 1. The Bertz CT molecular complexity index is 931. The van der Waals surface area contributed by atoms with Crippen LogP contribution in [-0.2, 0) is 16.0 Å². The van der Waals surface area contributed by atoms with Gasteiger partial charge in [-0.3, -0.25) is 19.5 Å². The number of pyridine rings is 1. The minimum Gasteiger partial charge on any atom is -0.342 e. The second kappa shape index (κ2) is 8.36. The first-order valence-corrected chi connectivity index (χ1v) is 12.3. The second-order valence-corrected chi connectivity index (χ2v) is 10.0. The molecule has 31 heavy (non-hydrogen) atoms. The Labute approximate surface area is 187 Å². The molecule has 0 aromatic carbocycles. The maximum atomic E-state index is 13.9. The van der Waals surface area contributed by atoms with Crippen molar-refractivity contribution in [2.45, 2.75) is 44.6 Å². The van der Waals surface area contributed by atoms with Gasteiger partial charge in [-0.2, -0.15) is 11.3 Å². The predicted octanol–water partition coefficient (Wildman–Crippen LogP) is 3.11. The van der Waals surface area contributed by atoms with E-state index in [-0.39, 0.29) is 11.8 Å². The first-order chi connectivity index (χ1) is 15.0. The first kappa shape index (κ1) is 20.6. The van der Waals surface area contributed by atoms with Crippen LogP contribution in [0.1, 0.15) is 36.9 Å². The van der Waals surface area contributed by atoms with Gasteiger partial charge in [0.1, 0.15) is 5.54 Å². The number of hydrogen-bond acceptors (Lipinski definition) is 5. The van der Waals surface area contributed by atoms with Crippen molar-refractivity contribution in [1.29, 1.82) is 0 Å². The van der Waals surface area contributed by atoms with Crippen LogP contribution in [0.15, 0.2) is 35.2 Å². The highest BCUT2D eigenvalue weighted by molar-refractivity contribution is 7.08. The van der Waals surface area contributed by atoms with Crippen molar-refractivity contribution < 1.29 is 9.59 Å². The van der Waals surface area contributed by atoms with Crippen molar-refractivity contribution in [2.75, 3.05) is 37.6 Å². The zero-order valence-corrected chi connectivity index (χ0v) is 18.9. The van der Waals surface area contributed by atoms with Crippen LogP contribution in [-0.4, -0.2) is 64.9 Å². The summed E-state index contributed by atoms with van der Waals surface area (Å²) in [4.78, 5) is 37.5. The summed E-state index contributed by atoms with van der Waals surface area (Å²) in [5.74, 6) is 1.09. The number of hydrogen-bond donors (Lipinski definition) is 0. The summed E-state index contributed by atoms with van der Waals surface area (Å²) in [6.07, 6.45) is 6.25. The fraction of sp³-hybridized carbons (Fsp3) is 0.542. The lowest BCUT2D eigenvalue weighted by atomic mass is 9.81. The molecular formula is C24H30N4O2S. The van der Waals surface area contributed by atoms with Gasteiger partial charge in [0.25, 0.3) is 0 Å². The SMILES string of the molecule is Cc1ccc(N2CCN(CC3CC3)C3(CCN(C(=O)Cc4ccsc4)CC3)C2=O)cn1. The molecule has 164 valence electrons. The third-order valence-corrected chi connectivity index (χ3v) is 7.84. The van der Waals surface area contributed by atoms with Crippen molar-refractivity contribution in [2.24, 2.45) is 5.92 Å². The van der Waals surface area contributed by atoms with Gasteiger partial charge < -0.3 is 9.80 Å². The van der Waals surface area contributed by atoms with E-state index in [1.807, 2.05) is 51.9 Å². The van der Waals surface area contributed by atoms with Gasteiger partial charge in [0.15, 0.2) is 0 Å². The topological polar surface area (TPSA) is 56.8 Å². The Kier molecular flexibility index (Phi) is 5.56. The third kappa shape index (κ3) is 4.13. The number of carbonyl (C=O) groups is 2. The average molecular weight is 439 g/mol. The normalized spacial score (nSPS) is 21.6. The van der Waals surface area contributed by atoms with Crippen molar-refractivity contribution >= 4 is 28.8 Å². The number of rotatable bonds is 5. The third-order valence-electron chi connectivity index (χ3n) is 7.10. The molecule has 1 spiro atoms. The van der Waals surface area contributed by atoms with Gasteiger partial charge in [0.2, 0.25) is 11.8 Å². The molecule has 5 rings (SSSR count). The summed E-state index contributed by atoms with van der Waals surface area (Å²) in [6.45, 7) is 5.86. The standard InChI is InChI=1S/C24H30N4O2S/c1-18-2-5-21(15-25-18)28-12-11-27(16-19-3-4-19)24(23(28)30)7-9-26(10-8-24)22(29)14-20-6-13-31-17-20/h2,5-6,13,15,17,19H,3-4,7-12,14,16H2,1H3. The number of carbonyl (C=O) groups excluding carboxylic acids is 2. The molecule has 0 N–H and O–H groups in total. The van der Waals surface area contributed by atoms with E-state index in [0.29, 0.717) is 38.9 Å². The molecular weight excluding hydrogens is 408 g/mol. The van der Waals surface area contributed by atoms with Crippen LogP contribution < -0.4 is 4.90 Å². The van der Waals surface area contributed by atoms with Crippen LogP contribution in [0.25, 0.3) is 0 Å². The highest BCUT2D eigenvalue weighted by Gasteiger charge is 2.52. The Morgan fingerprint density at radius 1 is 1.16 bits per heavy atom. The number of piperazine rings is 1. The van der Waals surface area contributed by atoms with Crippen molar-refractivity contribution in [3.63, 3.8) is 0 Å². The summed E-state index contributed by atoms with van der Waals surface area (Å²) >= 11 is 1.62. The molecule has 2 aromatic heterocycles. The van der Waals surface area contributed by atoms with E-state index in [4.69, 9.17) is 0 Å². The van der Waals surface area contributed by atoms with E-state index in [1.165, 1.54) is 12.8 Å².